The lowest BCUT2D eigenvalue weighted by molar-refractivity contribution is -0.384. The second kappa shape index (κ2) is 6.37. The Bertz CT molecular complexity index is 755. The molecular weight excluding hydrogens is 320 g/mol. The normalized spacial score (nSPS) is 14.3. The highest BCUT2D eigenvalue weighted by Gasteiger charge is 2.22. The molecule has 0 saturated heterocycles. The van der Waals surface area contributed by atoms with Crippen molar-refractivity contribution in [1.29, 1.82) is 0 Å². The van der Waals surface area contributed by atoms with Gasteiger partial charge >= 0.3 is 0 Å². The minimum Gasteiger partial charge on any atom is -0.309 e. The summed E-state index contributed by atoms with van der Waals surface area (Å²) in [5.41, 5.74) is 1.35. The number of aromatic amines is 1. The van der Waals surface area contributed by atoms with Crippen molar-refractivity contribution in [3.63, 3.8) is 0 Å². The molecule has 7 nitrogen and oxygen atoms in total. The Morgan fingerprint density at radius 2 is 2.22 bits per heavy atom. The Morgan fingerprint density at radius 1 is 1.43 bits per heavy atom. The molecule has 1 aliphatic carbocycles. The summed E-state index contributed by atoms with van der Waals surface area (Å²) in [6.45, 7) is 0. The first-order chi connectivity index (χ1) is 11.0. The van der Waals surface area contributed by atoms with Gasteiger partial charge in [0.15, 0.2) is 5.82 Å². The molecule has 1 aliphatic rings. The number of nitro benzene ring substituents is 1. The number of hydrogen-bond acceptors (Lipinski definition) is 4. The Hall–Kier alpha value is -2.41. The summed E-state index contributed by atoms with van der Waals surface area (Å²) in [7, 11) is 0. The van der Waals surface area contributed by atoms with E-state index in [1.807, 2.05) is 6.07 Å². The minimum absolute atomic E-state index is 0.0175. The lowest BCUT2D eigenvalue weighted by Crippen LogP contribution is -2.14. The molecule has 23 heavy (non-hydrogen) atoms. The van der Waals surface area contributed by atoms with Crippen LogP contribution in [0, 0.1) is 10.1 Å². The first kappa shape index (κ1) is 15.5. The average Bonchev–Trinajstić information content (AvgIpc) is 2.86. The van der Waals surface area contributed by atoms with Crippen molar-refractivity contribution in [3.8, 4) is 0 Å². The smallest absolute Gasteiger partial charge is 0.288 e. The van der Waals surface area contributed by atoms with Crippen molar-refractivity contribution in [2.24, 2.45) is 0 Å². The van der Waals surface area contributed by atoms with Crippen LogP contribution in [-0.2, 0) is 11.2 Å². The highest BCUT2D eigenvalue weighted by molar-refractivity contribution is 6.32. The van der Waals surface area contributed by atoms with Crippen LogP contribution in [-0.4, -0.2) is 21.0 Å². The Kier molecular flexibility index (Phi) is 4.29. The van der Waals surface area contributed by atoms with Crippen molar-refractivity contribution >= 4 is 29.0 Å². The van der Waals surface area contributed by atoms with Gasteiger partial charge in [0.1, 0.15) is 5.02 Å². The first-order valence-electron chi connectivity index (χ1n) is 7.31. The molecule has 8 heteroatoms. The number of rotatable bonds is 5. The molecule has 0 atom stereocenters. The molecular formula is C15H15ClN4O3. The summed E-state index contributed by atoms with van der Waals surface area (Å²) in [4.78, 5) is 22.3. The van der Waals surface area contributed by atoms with Gasteiger partial charge in [-0.05, 0) is 24.5 Å². The number of aromatic nitrogens is 2. The van der Waals surface area contributed by atoms with E-state index in [0.717, 1.165) is 18.5 Å². The second-order valence-corrected chi connectivity index (χ2v) is 6.01. The quantitative estimate of drug-likeness (QED) is 0.646. The maximum Gasteiger partial charge on any atom is 0.288 e. The number of benzene rings is 1. The second-order valence-electron chi connectivity index (χ2n) is 5.60. The summed E-state index contributed by atoms with van der Waals surface area (Å²) in [6, 6.07) is 6.17. The molecule has 0 radical (unpaired) electrons. The number of anilines is 1. The highest BCUT2D eigenvalue weighted by Crippen LogP contribution is 2.35. The molecule has 0 unspecified atom stereocenters. The number of nitrogens with one attached hydrogen (secondary N) is 2. The fourth-order valence-electron chi connectivity index (χ4n) is 2.51. The Balaban J connectivity index is 1.64. The van der Waals surface area contributed by atoms with Gasteiger partial charge in [0.25, 0.3) is 5.69 Å². The molecule has 3 rings (SSSR count). The summed E-state index contributed by atoms with van der Waals surface area (Å²) in [5.74, 6) is 0.695. The maximum atomic E-state index is 12.0. The fourth-order valence-corrected chi connectivity index (χ4v) is 2.70. The zero-order chi connectivity index (χ0) is 16.4. The zero-order valence-electron chi connectivity index (χ0n) is 12.2. The fraction of sp³-hybridized carbons (Fsp3) is 0.333. The van der Waals surface area contributed by atoms with Gasteiger partial charge < -0.3 is 5.32 Å². The summed E-state index contributed by atoms with van der Waals surface area (Å²) < 4.78 is 0. The Morgan fingerprint density at radius 3 is 2.87 bits per heavy atom. The van der Waals surface area contributed by atoms with Crippen LogP contribution in [0.5, 0.6) is 0 Å². The van der Waals surface area contributed by atoms with Gasteiger partial charge in [-0.25, -0.2) is 0 Å². The molecule has 120 valence electrons. The van der Waals surface area contributed by atoms with E-state index in [1.165, 1.54) is 18.6 Å². The van der Waals surface area contributed by atoms with Crippen LogP contribution >= 0.6 is 11.6 Å². The average molecular weight is 335 g/mol. The van der Waals surface area contributed by atoms with E-state index >= 15 is 0 Å². The molecule has 1 aromatic heterocycles. The highest BCUT2D eigenvalue weighted by atomic mass is 35.5. The topological polar surface area (TPSA) is 101 Å². The molecule has 1 fully saturated rings. The monoisotopic (exact) mass is 334 g/mol. The molecule has 1 saturated carbocycles. The molecule has 0 aliphatic heterocycles. The molecule has 2 N–H and O–H groups in total. The van der Waals surface area contributed by atoms with Crippen LogP contribution in [0.25, 0.3) is 0 Å². The van der Waals surface area contributed by atoms with Gasteiger partial charge in [0.2, 0.25) is 5.91 Å². The number of hydrogen-bond donors (Lipinski definition) is 2. The first-order valence-corrected chi connectivity index (χ1v) is 7.68. The van der Waals surface area contributed by atoms with E-state index in [0.29, 0.717) is 17.3 Å². The van der Waals surface area contributed by atoms with Gasteiger partial charge in [0.05, 0.1) is 11.3 Å². The van der Waals surface area contributed by atoms with Gasteiger partial charge in [-0.1, -0.05) is 24.1 Å². The number of amides is 1. The lowest BCUT2D eigenvalue weighted by Gasteiger charge is -2.23. The molecule has 1 heterocycles. The summed E-state index contributed by atoms with van der Waals surface area (Å²) in [6.07, 6.45) is 3.53. The van der Waals surface area contributed by atoms with E-state index in [-0.39, 0.29) is 23.0 Å². The third-order valence-electron chi connectivity index (χ3n) is 3.98. The summed E-state index contributed by atoms with van der Waals surface area (Å²) >= 11 is 5.75. The van der Waals surface area contributed by atoms with Crippen molar-refractivity contribution < 1.29 is 9.72 Å². The molecule has 1 aromatic carbocycles. The van der Waals surface area contributed by atoms with Crippen molar-refractivity contribution in [3.05, 3.63) is 50.7 Å². The van der Waals surface area contributed by atoms with Crippen LogP contribution in [0.3, 0.4) is 0 Å². The zero-order valence-corrected chi connectivity index (χ0v) is 13.0. The predicted octanol–water partition coefficient (Wildman–Crippen LogP) is 3.42. The van der Waals surface area contributed by atoms with Gasteiger partial charge in [0, 0.05) is 23.7 Å². The van der Waals surface area contributed by atoms with Crippen LogP contribution < -0.4 is 5.32 Å². The predicted molar refractivity (Wildman–Crippen MR) is 85.6 cm³/mol. The van der Waals surface area contributed by atoms with E-state index in [1.54, 1.807) is 6.07 Å². The van der Waals surface area contributed by atoms with E-state index in [2.05, 4.69) is 15.5 Å². The van der Waals surface area contributed by atoms with Crippen LogP contribution in [0.15, 0.2) is 24.3 Å². The number of nitro groups is 1. The largest absolute Gasteiger partial charge is 0.309 e. The maximum absolute atomic E-state index is 12.0. The molecule has 1 amide bonds. The number of halogens is 1. The van der Waals surface area contributed by atoms with E-state index in [9.17, 15) is 14.9 Å². The SMILES string of the molecule is O=C(Cc1ccc(Cl)c([N+](=O)[O-])c1)Nc1cc(C2CCC2)[nH]n1. The van der Waals surface area contributed by atoms with Crippen molar-refractivity contribution in [1.82, 2.24) is 10.2 Å². The minimum atomic E-state index is -0.567. The van der Waals surface area contributed by atoms with E-state index < -0.39 is 4.92 Å². The molecule has 2 aromatic rings. The number of H-pyrrole nitrogens is 1. The number of carbonyl (C=O) groups excluding carboxylic acids is 1. The summed E-state index contributed by atoms with van der Waals surface area (Å²) in [5, 5.41) is 20.6. The Labute approximate surface area is 137 Å². The molecule has 0 spiro atoms. The van der Waals surface area contributed by atoms with Gasteiger partial charge in [-0.3, -0.25) is 20.0 Å². The van der Waals surface area contributed by atoms with E-state index in [4.69, 9.17) is 11.6 Å². The lowest BCUT2D eigenvalue weighted by atomic mass is 9.83. The van der Waals surface area contributed by atoms with Gasteiger partial charge in [-0.2, -0.15) is 5.10 Å². The third-order valence-corrected chi connectivity index (χ3v) is 4.30. The van der Waals surface area contributed by atoms with Crippen LogP contribution in [0.2, 0.25) is 5.02 Å². The van der Waals surface area contributed by atoms with Crippen LogP contribution in [0.4, 0.5) is 11.5 Å². The van der Waals surface area contributed by atoms with Gasteiger partial charge in [-0.15, -0.1) is 0 Å². The van der Waals surface area contributed by atoms with Crippen LogP contribution in [0.1, 0.15) is 36.4 Å². The number of nitrogens with zero attached hydrogens (tertiary/aromatic N) is 2. The third kappa shape index (κ3) is 3.50. The number of carbonyl (C=O) groups is 1. The van der Waals surface area contributed by atoms with Crippen molar-refractivity contribution in [2.75, 3.05) is 5.32 Å². The molecule has 0 bridgehead atoms. The standard InChI is InChI=1S/C15H15ClN4O3/c16-11-5-4-9(6-13(11)20(22)23)7-15(21)17-14-8-12(18-19-14)10-2-1-3-10/h4-6,8,10H,1-3,7H2,(H2,17,18,19,21). The van der Waals surface area contributed by atoms with Crippen molar-refractivity contribution in [2.45, 2.75) is 31.6 Å².